The predicted molar refractivity (Wildman–Crippen MR) is 89.2 cm³/mol. The van der Waals surface area contributed by atoms with Crippen LogP contribution in [0.1, 0.15) is 6.23 Å². The number of hydrogen-bond donors (Lipinski definition) is 6. The molecule has 1 aromatic heterocycles. The van der Waals surface area contributed by atoms with E-state index in [2.05, 4.69) is 8.62 Å². The smallest absolute Gasteiger partial charge is 0.486 e. The summed E-state index contributed by atoms with van der Waals surface area (Å²) in [6, 6.07) is 0. The van der Waals surface area contributed by atoms with E-state index in [9.17, 15) is 48.4 Å². The zero-order valence-electron chi connectivity index (χ0n) is 14.0. The maximum Gasteiger partial charge on any atom is 0.486 e. The number of ether oxygens (including phenoxy) is 1. The summed E-state index contributed by atoms with van der Waals surface area (Å²) in [4.78, 5) is 43.4. The highest BCUT2D eigenvalue weighted by atomic mass is 31.3. The Labute approximate surface area is 159 Å². The molecule has 6 N–H and O–H groups in total. The molecular formula is C10H15N2O14P3. The van der Waals surface area contributed by atoms with Crippen molar-refractivity contribution in [2.75, 3.05) is 12.5 Å². The second-order valence-corrected chi connectivity index (χ2v) is 12.2. The molecule has 0 spiro atoms. The van der Waals surface area contributed by atoms with Crippen LogP contribution in [0.3, 0.4) is 0 Å². The minimum atomic E-state index is -5.16. The SMILES string of the molecule is O=c1[nH]c(=O)n([C@@H]2O[C@H](COP3(=O)CP(=O)(O)OP(=O)(O)O3)C(O)[C@@H]2O)cc1O. The molecule has 1 aromatic rings. The Morgan fingerprint density at radius 3 is 2.45 bits per heavy atom. The summed E-state index contributed by atoms with van der Waals surface area (Å²) >= 11 is 0. The Kier molecular flexibility index (Phi) is 5.84. The molecule has 7 atom stereocenters. The lowest BCUT2D eigenvalue weighted by molar-refractivity contribution is -0.0527. The first-order valence-corrected chi connectivity index (χ1v) is 12.6. The van der Waals surface area contributed by atoms with E-state index in [1.165, 1.54) is 0 Å². The standard InChI is InChI=1S/C10H15N2O14P3/c13-4-1-12(10(17)11-8(4)16)9-7(15)6(14)5(24-9)2-23-28(20)3-27(18,19)25-29(21,22)26-28/h1,5-7,9,13-15H,2-3H2,(H,18,19)(H,21,22)(H,11,16,17)/t5-,6?,7+,9-,28?/m1/s1. The molecule has 164 valence electrons. The summed E-state index contributed by atoms with van der Waals surface area (Å²) in [7, 11) is -14.6. The van der Waals surface area contributed by atoms with Crippen molar-refractivity contribution >= 4 is 23.0 Å². The third-order valence-corrected chi connectivity index (χ3v) is 10.8. The molecule has 2 aliphatic heterocycles. The van der Waals surface area contributed by atoms with Crippen LogP contribution in [-0.2, 0) is 31.6 Å². The van der Waals surface area contributed by atoms with E-state index in [1.54, 1.807) is 4.98 Å². The average molecular weight is 480 g/mol. The topological polar surface area (TPSA) is 244 Å². The minimum Gasteiger partial charge on any atom is -0.502 e. The first kappa shape index (κ1) is 22.5. The Hall–Kier alpha value is -1.15. The van der Waals surface area contributed by atoms with Crippen molar-refractivity contribution in [2.45, 2.75) is 24.5 Å². The molecule has 0 aromatic carbocycles. The van der Waals surface area contributed by atoms with Crippen LogP contribution >= 0.6 is 23.0 Å². The predicted octanol–water partition coefficient (Wildman–Crippen LogP) is -1.64. The van der Waals surface area contributed by atoms with Gasteiger partial charge in [0.1, 0.15) is 18.3 Å². The first-order valence-electron chi connectivity index (χ1n) is 7.59. The van der Waals surface area contributed by atoms with Crippen molar-refractivity contribution < 1.29 is 56.7 Å². The van der Waals surface area contributed by atoms with Crippen LogP contribution in [-0.4, -0.2) is 65.5 Å². The van der Waals surface area contributed by atoms with E-state index in [-0.39, 0.29) is 0 Å². The Bertz CT molecular complexity index is 1040. The van der Waals surface area contributed by atoms with Crippen LogP contribution in [0, 0.1) is 0 Å². The average Bonchev–Trinajstić information content (AvgIpc) is 2.81. The maximum atomic E-state index is 12.4. The zero-order valence-corrected chi connectivity index (χ0v) is 16.7. The quantitative estimate of drug-likeness (QED) is 0.265. The van der Waals surface area contributed by atoms with Crippen molar-refractivity contribution in [3.05, 3.63) is 27.0 Å². The van der Waals surface area contributed by atoms with Crippen molar-refractivity contribution in [2.24, 2.45) is 0 Å². The Morgan fingerprint density at radius 1 is 1.17 bits per heavy atom. The zero-order chi connectivity index (χ0) is 21.8. The van der Waals surface area contributed by atoms with E-state index in [0.29, 0.717) is 10.8 Å². The van der Waals surface area contributed by atoms with Crippen LogP contribution in [0.25, 0.3) is 0 Å². The number of aromatic hydroxyl groups is 1. The molecule has 2 saturated heterocycles. The van der Waals surface area contributed by atoms with E-state index in [1.807, 2.05) is 0 Å². The number of rotatable bonds is 4. The number of aromatic amines is 1. The lowest BCUT2D eigenvalue weighted by Crippen LogP contribution is -2.37. The summed E-state index contributed by atoms with van der Waals surface area (Å²) in [6.07, 6.45) is -5.99. The van der Waals surface area contributed by atoms with Crippen LogP contribution in [0.4, 0.5) is 0 Å². The molecule has 0 aliphatic carbocycles. The van der Waals surface area contributed by atoms with Crippen molar-refractivity contribution in [3.8, 4) is 5.75 Å². The molecule has 16 nitrogen and oxygen atoms in total. The fourth-order valence-electron chi connectivity index (χ4n) is 2.62. The third-order valence-electron chi connectivity index (χ3n) is 3.81. The second kappa shape index (κ2) is 7.52. The highest BCUT2D eigenvalue weighted by molar-refractivity contribution is 7.81. The van der Waals surface area contributed by atoms with Crippen molar-refractivity contribution in [1.29, 1.82) is 0 Å². The van der Waals surface area contributed by atoms with Crippen molar-refractivity contribution in [3.63, 3.8) is 0 Å². The number of aromatic nitrogens is 2. The molecule has 0 radical (unpaired) electrons. The van der Waals surface area contributed by atoms with Gasteiger partial charge in [0.25, 0.3) is 5.56 Å². The van der Waals surface area contributed by atoms with Crippen LogP contribution in [0.2, 0.25) is 0 Å². The number of nitrogens with one attached hydrogen (secondary N) is 1. The van der Waals surface area contributed by atoms with Gasteiger partial charge in [-0.05, 0) is 0 Å². The second-order valence-electron chi connectivity index (χ2n) is 6.04. The molecule has 2 aliphatic rings. The molecule has 0 amide bonds. The number of aliphatic hydroxyl groups excluding tert-OH is 2. The van der Waals surface area contributed by atoms with Gasteiger partial charge in [-0.1, -0.05) is 0 Å². The number of H-pyrrole nitrogens is 1. The van der Waals surface area contributed by atoms with Gasteiger partial charge in [-0.25, -0.2) is 18.0 Å². The van der Waals surface area contributed by atoms with Crippen LogP contribution in [0.5, 0.6) is 5.75 Å². The third kappa shape index (κ3) is 4.79. The van der Waals surface area contributed by atoms with Gasteiger partial charge in [-0.15, -0.1) is 0 Å². The molecule has 4 unspecified atom stereocenters. The van der Waals surface area contributed by atoms with Gasteiger partial charge in [0.05, 0.1) is 12.8 Å². The molecule has 19 heteroatoms. The van der Waals surface area contributed by atoms with Crippen molar-refractivity contribution in [1.82, 2.24) is 9.55 Å². The van der Waals surface area contributed by atoms with Gasteiger partial charge in [0, 0.05) is 0 Å². The molecule has 29 heavy (non-hydrogen) atoms. The van der Waals surface area contributed by atoms with Gasteiger partial charge in [-0.3, -0.25) is 23.5 Å². The molecule has 3 heterocycles. The summed E-state index contributed by atoms with van der Waals surface area (Å²) in [5.74, 6) is -2.14. The molecule has 0 bridgehead atoms. The van der Waals surface area contributed by atoms with Crippen LogP contribution < -0.4 is 11.2 Å². The van der Waals surface area contributed by atoms with Gasteiger partial charge < -0.3 is 34.4 Å². The lowest BCUT2D eigenvalue weighted by atomic mass is 10.1. The maximum absolute atomic E-state index is 12.4. The largest absolute Gasteiger partial charge is 0.502 e. The minimum absolute atomic E-state index is 0.571. The summed E-state index contributed by atoms with van der Waals surface area (Å²) < 4.78 is 54.1. The first-order chi connectivity index (χ1) is 13.2. The highest BCUT2D eigenvalue weighted by Crippen LogP contribution is 2.78. The Morgan fingerprint density at radius 2 is 1.83 bits per heavy atom. The normalized spacial score (nSPS) is 42.8. The molecular weight excluding hydrogens is 465 g/mol. The van der Waals surface area contributed by atoms with Gasteiger partial charge >= 0.3 is 28.7 Å². The fourth-order valence-corrected chi connectivity index (χ4v) is 9.53. The Balaban J connectivity index is 1.76. The van der Waals surface area contributed by atoms with Gasteiger partial charge in [0.15, 0.2) is 17.9 Å². The van der Waals surface area contributed by atoms with Gasteiger partial charge in [0.2, 0.25) is 0 Å². The summed E-state index contributed by atoms with van der Waals surface area (Å²) in [5, 5.41) is 29.5. The molecule has 0 saturated carbocycles. The van der Waals surface area contributed by atoms with E-state index < -0.39 is 77.1 Å². The number of phosphoric acid groups is 1. The van der Waals surface area contributed by atoms with Crippen LogP contribution in [0.15, 0.2) is 15.8 Å². The lowest BCUT2D eigenvalue weighted by Gasteiger charge is -2.28. The van der Waals surface area contributed by atoms with E-state index in [4.69, 9.17) is 9.26 Å². The molecule has 3 rings (SSSR count). The van der Waals surface area contributed by atoms with Gasteiger partial charge in [-0.2, -0.15) is 0 Å². The monoisotopic (exact) mass is 480 g/mol. The number of hydrogen-bond acceptors (Lipinski definition) is 12. The number of nitrogens with zero attached hydrogens (tertiary/aromatic N) is 1. The van der Waals surface area contributed by atoms with E-state index in [0.717, 1.165) is 0 Å². The molecule has 2 fully saturated rings. The number of aliphatic hydroxyl groups is 2. The van der Waals surface area contributed by atoms with E-state index >= 15 is 0 Å². The highest BCUT2D eigenvalue weighted by Gasteiger charge is 2.53. The fraction of sp³-hybridized carbons (Fsp3) is 0.600. The summed E-state index contributed by atoms with van der Waals surface area (Å²) in [5.41, 5.74) is -2.19. The summed E-state index contributed by atoms with van der Waals surface area (Å²) in [6.45, 7) is -0.865.